The van der Waals surface area contributed by atoms with Gasteiger partial charge < -0.3 is 0 Å². The van der Waals surface area contributed by atoms with E-state index in [4.69, 9.17) is 0 Å². The Morgan fingerprint density at radius 1 is 1.00 bits per heavy atom. The number of benzene rings is 2. The average molecular weight is 353 g/mol. The Bertz CT molecular complexity index is 715. The maximum absolute atomic E-state index is 12.5. The van der Waals surface area contributed by atoms with Crippen LogP contribution in [0.3, 0.4) is 0 Å². The van der Waals surface area contributed by atoms with Crippen LogP contribution in [0.5, 0.6) is 0 Å². The summed E-state index contributed by atoms with van der Waals surface area (Å²) in [5, 5.41) is 18.7. The molecule has 0 heterocycles. The Labute approximate surface area is 137 Å². The van der Waals surface area contributed by atoms with Gasteiger partial charge in [-0.1, -0.05) is 76.6 Å². The second-order valence-corrected chi connectivity index (χ2v) is 6.14. The molecule has 0 unspecified atom stereocenters. The van der Waals surface area contributed by atoms with Gasteiger partial charge in [-0.05, 0) is 5.56 Å². The lowest BCUT2D eigenvalue weighted by Crippen LogP contribution is -2.28. The fourth-order valence-corrected chi connectivity index (χ4v) is 2.71. The quantitative estimate of drug-likeness (QED) is 0.597. The van der Waals surface area contributed by atoms with E-state index >= 15 is 0 Å². The molecule has 2 aromatic carbocycles. The third-order valence-corrected chi connectivity index (χ3v) is 4.40. The van der Waals surface area contributed by atoms with Gasteiger partial charge in [0.05, 0.1) is 12.1 Å². The highest BCUT2D eigenvalue weighted by atomic mass is 79.9. The van der Waals surface area contributed by atoms with Gasteiger partial charge in [0.25, 0.3) is 0 Å². The van der Waals surface area contributed by atoms with Crippen LogP contribution in [-0.2, 0) is 0 Å². The average Bonchev–Trinajstić information content (AvgIpc) is 2.60. The number of nitriles is 2. The SMILES string of the molecule is N#CC(Br)(C#N)[C@@H](CC(=O)c1ccccc1)c1ccccc1. The number of halogens is 1. The first-order chi connectivity index (χ1) is 10.6. The van der Waals surface area contributed by atoms with Crippen molar-refractivity contribution in [3.05, 3.63) is 71.8 Å². The zero-order chi connectivity index (χ0) is 16.0. The van der Waals surface area contributed by atoms with Crippen LogP contribution in [0.1, 0.15) is 28.3 Å². The molecule has 0 fully saturated rings. The van der Waals surface area contributed by atoms with Crippen LogP contribution in [0.15, 0.2) is 60.7 Å². The van der Waals surface area contributed by atoms with E-state index in [1.165, 1.54) is 0 Å². The molecule has 0 aliphatic carbocycles. The fourth-order valence-electron chi connectivity index (χ4n) is 2.28. The van der Waals surface area contributed by atoms with Crippen molar-refractivity contribution in [1.82, 2.24) is 0 Å². The number of alkyl halides is 1. The summed E-state index contributed by atoms with van der Waals surface area (Å²) in [5.74, 6) is -0.639. The number of hydrogen-bond acceptors (Lipinski definition) is 3. The first-order valence-electron chi connectivity index (χ1n) is 6.75. The summed E-state index contributed by atoms with van der Waals surface area (Å²) >= 11 is 3.21. The van der Waals surface area contributed by atoms with E-state index in [1.807, 2.05) is 48.5 Å². The molecule has 4 heteroatoms. The monoisotopic (exact) mass is 352 g/mol. The van der Waals surface area contributed by atoms with Gasteiger partial charge in [-0.25, -0.2) is 0 Å². The first-order valence-corrected chi connectivity index (χ1v) is 7.54. The van der Waals surface area contributed by atoms with Crippen molar-refractivity contribution in [2.24, 2.45) is 0 Å². The molecular formula is C18H13BrN2O. The summed E-state index contributed by atoms with van der Waals surface area (Å²) in [7, 11) is 0. The van der Waals surface area contributed by atoms with Crippen molar-refractivity contribution in [2.75, 3.05) is 0 Å². The van der Waals surface area contributed by atoms with Gasteiger partial charge in [-0.3, -0.25) is 4.79 Å². The molecule has 0 radical (unpaired) electrons. The Morgan fingerprint density at radius 3 is 2.00 bits per heavy atom. The van der Waals surface area contributed by atoms with E-state index in [-0.39, 0.29) is 12.2 Å². The smallest absolute Gasteiger partial charge is 0.204 e. The molecule has 3 nitrogen and oxygen atoms in total. The molecular weight excluding hydrogens is 340 g/mol. The van der Waals surface area contributed by atoms with Crippen LogP contribution in [0.4, 0.5) is 0 Å². The van der Waals surface area contributed by atoms with Gasteiger partial charge in [0.2, 0.25) is 4.32 Å². The van der Waals surface area contributed by atoms with E-state index < -0.39 is 10.2 Å². The third kappa shape index (κ3) is 3.42. The number of Topliss-reactive ketones (excluding diaryl/α,β-unsaturated/α-hetero) is 1. The van der Waals surface area contributed by atoms with Crippen LogP contribution in [0, 0.1) is 22.7 Å². The molecule has 0 aliphatic heterocycles. The van der Waals surface area contributed by atoms with E-state index in [0.717, 1.165) is 5.56 Å². The molecule has 0 N–H and O–H groups in total. The Hall–Kier alpha value is -2.43. The van der Waals surface area contributed by atoms with Crippen molar-refractivity contribution >= 4 is 21.7 Å². The minimum Gasteiger partial charge on any atom is -0.294 e. The summed E-state index contributed by atoms with van der Waals surface area (Å²) in [6, 6.07) is 22.0. The van der Waals surface area contributed by atoms with Gasteiger partial charge >= 0.3 is 0 Å². The first kappa shape index (κ1) is 15.9. The number of rotatable bonds is 5. The van der Waals surface area contributed by atoms with Gasteiger partial charge in [0, 0.05) is 17.9 Å². The van der Waals surface area contributed by atoms with E-state index in [1.54, 1.807) is 24.3 Å². The molecule has 22 heavy (non-hydrogen) atoms. The number of carbonyl (C=O) groups is 1. The standard InChI is InChI=1S/C18H13BrN2O/c19-18(12-20,13-21)16(14-7-3-1-4-8-14)11-17(22)15-9-5-2-6-10-15/h1-10,16H,11H2/t16-/m0/s1. The van der Waals surface area contributed by atoms with E-state index in [2.05, 4.69) is 15.9 Å². The van der Waals surface area contributed by atoms with Crippen molar-refractivity contribution < 1.29 is 4.79 Å². The largest absolute Gasteiger partial charge is 0.294 e. The van der Waals surface area contributed by atoms with Crippen LogP contribution in [0.25, 0.3) is 0 Å². The minimum atomic E-state index is -1.43. The van der Waals surface area contributed by atoms with E-state index in [9.17, 15) is 15.3 Å². The maximum Gasteiger partial charge on any atom is 0.204 e. The number of carbonyl (C=O) groups excluding carboxylic acids is 1. The Balaban J connectivity index is 2.37. The molecule has 2 aromatic rings. The summed E-state index contributed by atoms with van der Waals surface area (Å²) in [4.78, 5) is 12.5. The van der Waals surface area contributed by atoms with Crippen molar-refractivity contribution in [3.8, 4) is 12.1 Å². The maximum atomic E-state index is 12.5. The molecule has 0 spiro atoms. The highest BCUT2D eigenvalue weighted by Gasteiger charge is 2.39. The fraction of sp³-hybridized carbons (Fsp3) is 0.167. The van der Waals surface area contributed by atoms with Crippen molar-refractivity contribution in [2.45, 2.75) is 16.7 Å². The second-order valence-electron chi connectivity index (χ2n) is 4.89. The molecule has 0 bridgehead atoms. The number of nitrogens with zero attached hydrogens (tertiary/aromatic N) is 2. The Kier molecular flexibility index (Phi) is 5.09. The van der Waals surface area contributed by atoms with Crippen LogP contribution in [-0.4, -0.2) is 10.1 Å². The number of hydrogen-bond donors (Lipinski definition) is 0. The van der Waals surface area contributed by atoms with Gasteiger partial charge in [-0.2, -0.15) is 10.5 Å². The summed E-state index contributed by atoms with van der Waals surface area (Å²) in [5.41, 5.74) is 1.36. The predicted molar refractivity (Wildman–Crippen MR) is 87.5 cm³/mol. The molecule has 0 aromatic heterocycles. The van der Waals surface area contributed by atoms with Crippen LogP contribution < -0.4 is 0 Å². The molecule has 0 amide bonds. The molecule has 2 rings (SSSR count). The van der Waals surface area contributed by atoms with Crippen LogP contribution in [0.2, 0.25) is 0 Å². The predicted octanol–water partition coefficient (Wildman–Crippen LogP) is 4.22. The lowest BCUT2D eigenvalue weighted by atomic mass is 9.82. The van der Waals surface area contributed by atoms with Crippen molar-refractivity contribution in [1.29, 1.82) is 10.5 Å². The highest BCUT2D eigenvalue weighted by Crippen LogP contribution is 2.38. The lowest BCUT2D eigenvalue weighted by Gasteiger charge is -2.24. The van der Waals surface area contributed by atoms with Crippen LogP contribution >= 0.6 is 15.9 Å². The number of ketones is 1. The minimum absolute atomic E-state index is 0.0837. The molecule has 0 saturated carbocycles. The summed E-state index contributed by atoms with van der Waals surface area (Å²) in [6.45, 7) is 0. The second kappa shape index (κ2) is 7.02. The topological polar surface area (TPSA) is 64.7 Å². The van der Waals surface area contributed by atoms with Gasteiger partial charge in [-0.15, -0.1) is 0 Å². The normalized spacial score (nSPS) is 12.0. The molecule has 0 aliphatic rings. The third-order valence-electron chi connectivity index (χ3n) is 3.49. The zero-order valence-electron chi connectivity index (χ0n) is 11.7. The lowest BCUT2D eigenvalue weighted by molar-refractivity contribution is 0.0972. The van der Waals surface area contributed by atoms with Gasteiger partial charge in [0.15, 0.2) is 5.78 Å². The van der Waals surface area contributed by atoms with Gasteiger partial charge in [0.1, 0.15) is 0 Å². The highest BCUT2D eigenvalue weighted by molar-refractivity contribution is 9.10. The summed E-state index contributed by atoms with van der Waals surface area (Å²) < 4.78 is -1.43. The molecule has 0 saturated heterocycles. The molecule has 1 atom stereocenters. The Morgan fingerprint density at radius 2 is 1.50 bits per heavy atom. The van der Waals surface area contributed by atoms with Crippen molar-refractivity contribution in [3.63, 3.8) is 0 Å². The zero-order valence-corrected chi connectivity index (χ0v) is 13.3. The van der Waals surface area contributed by atoms with E-state index in [0.29, 0.717) is 5.56 Å². The summed E-state index contributed by atoms with van der Waals surface area (Å²) in [6.07, 6.45) is 0.0837. The molecule has 108 valence electrons.